The van der Waals surface area contributed by atoms with Gasteiger partial charge in [0.25, 0.3) is 0 Å². The number of imidazole rings is 1. The summed E-state index contributed by atoms with van der Waals surface area (Å²) in [7, 11) is 0. The number of aromatic nitrogens is 2. The van der Waals surface area contributed by atoms with Crippen LogP contribution < -0.4 is 15.4 Å². The van der Waals surface area contributed by atoms with Gasteiger partial charge >= 0.3 is 0 Å². The predicted octanol–water partition coefficient (Wildman–Crippen LogP) is 1.76. The van der Waals surface area contributed by atoms with E-state index in [2.05, 4.69) is 20.6 Å². The Morgan fingerprint density at radius 3 is 2.17 bits per heavy atom. The third kappa shape index (κ3) is 4.82. The second-order valence-corrected chi connectivity index (χ2v) is 7.01. The summed E-state index contributed by atoms with van der Waals surface area (Å²) >= 11 is 0. The number of amides is 2. The first-order valence-corrected chi connectivity index (χ1v) is 9.51. The van der Waals surface area contributed by atoms with Gasteiger partial charge in [0.15, 0.2) is 0 Å². The van der Waals surface area contributed by atoms with Crippen LogP contribution in [0.4, 0.5) is 0 Å². The van der Waals surface area contributed by atoms with Crippen LogP contribution in [0.5, 0.6) is 5.75 Å². The molecule has 1 aromatic heterocycles. The molecule has 0 spiro atoms. The monoisotopic (exact) mass is 390 g/mol. The number of aromatic amines is 1. The minimum absolute atomic E-state index is 0.186. The van der Waals surface area contributed by atoms with Gasteiger partial charge in [-0.3, -0.25) is 9.59 Å². The maximum atomic E-state index is 12.4. The molecule has 0 bridgehead atoms. The van der Waals surface area contributed by atoms with Crippen LogP contribution in [0.2, 0.25) is 0 Å². The number of hydrogen-bond donors (Lipinski definition) is 3. The molecule has 0 aliphatic carbocycles. The molecule has 148 valence electrons. The maximum Gasteiger partial charge on any atom is 0.243 e. The molecule has 2 unspecified atom stereocenters. The maximum absolute atomic E-state index is 12.4. The van der Waals surface area contributed by atoms with Gasteiger partial charge in [0.05, 0.1) is 12.0 Å². The molecule has 0 saturated carbocycles. The number of carbonyl (C=O) groups excluding carboxylic acids is 2. The lowest BCUT2D eigenvalue weighted by atomic mass is 10.0. The SMILES string of the molecule is O=C1NC(Cc2c[nH]cn2)C(=O)NC1Cc1ccc(OCc2ccccc2)cc1. The Morgan fingerprint density at radius 2 is 1.52 bits per heavy atom. The molecule has 2 atom stereocenters. The van der Waals surface area contributed by atoms with Gasteiger partial charge in [-0.2, -0.15) is 0 Å². The average molecular weight is 390 g/mol. The van der Waals surface area contributed by atoms with E-state index in [0.717, 1.165) is 22.6 Å². The molecule has 2 heterocycles. The average Bonchev–Trinajstić information content (AvgIpc) is 3.25. The minimum atomic E-state index is -0.601. The highest BCUT2D eigenvalue weighted by molar-refractivity contribution is 5.97. The van der Waals surface area contributed by atoms with Crippen molar-refractivity contribution in [3.8, 4) is 5.75 Å². The standard InChI is InChI=1S/C22H22N4O3/c27-21-19(25-22(28)20(26-21)11-17-12-23-14-24-17)10-15-6-8-18(9-7-15)29-13-16-4-2-1-3-5-16/h1-9,12,14,19-20H,10-11,13H2,(H,23,24)(H,25,28)(H,26,27). The van der Waals surface area contributed by atoms with Gasteiger partial charge in [-0.25, -0.2) is 4.98 Å². The zero-order chi connectivity index (χ0) is 20.1. The molecule has 1 saturated heterocycles. The summed E-state index contributed by atoms with van der Waals surface area (Å²) < 4.78 is 5.78. The second-order valence-electron chi connectivity index (χ2n) is 7.01. The summed E-state index contributed by atoms with van der Waals surface area (Å²) in [6.45, 7) is 0.499. The van der Waals surface area contributed by atoms with E-state index in [1.165, 1.54) is 0 Å². The molecule has 7 heteroatoms. The van der Waals surface area contributed by atoms with Gasteiger partial charge < -0.3 is 20.4 Å². The third-order valence-electron chi connectivity index (χ3n) is 4.85. The van der Waals surface area contributed by atoms with E-state index >= 15 is 0 Å². The number of H-pyrrole nitrogens is 1. The fourth-order valence-corrected chi connectivity index (χ4v) is 3.27. The summed E-state index contributed by atoms with van der Waals surface area (Å²) in [5, 5.41) is 5.61. The Hall–Kier alpha value is -3.61. The molecular weight excluding hydrogens is 368 g/mol. The highest BCUT2D eigenvalue weighted by Gasteiger charge is 2.33. The molecule has 2 aromatic carbocycles. The summed E-state index contributed by atoms with van der Waals surface area (Å²) in [6.07, 6.45) is 4.05. The van der Waals surface area contributed by atoms with Crippen molar-refractivity contribution >= 4 is 11.8 Å². The summed E-state index contributed by atoms with van der Waals surface area (Å²) in [4.78, 5) is 31.7. The number of nitrogens with zero attached hydrogens (tertiary/aromatic N) is 1. The van der Waals surface area contributed by atoms with E-state index in [4.69, 9.17) is 4.74 Å². The van der Waals surface area contributed by atoms with Crippen molar-refractivity contribution in [2.45, 2.75) is 31.5 Å². The smallest absolute Gasteiger partial charge is 0.243 e. The lowest BCUT2D eigenvalue weighted by molar-refractivity contribution is -0.136. The molecule has 4 rings (SSSR count). The molecule has 3 N–H and O–H groups in total. The van der Waals surface area contributed by atoms with Crippen LogP contribution in [0.25, 0.3) is 0 Å². The van der Waals surface area contributed by atoms with Crippen LogP contribution in [0, 0.1) is 0 Å². The number of benzene rings is 2. The fourth-order valence-electron chi connectivity index (χ4n) is 3.27. The second kappa shape index (κ2) is 8.60. The summed E-state index contributed by atoms with van der Waals surface area (Å²) in [5.74, 6) is 0.378. The van der Waals surface area contributed by atoms with Crippen LogP contribution in [0.1, 0.15) is 16.8 Å². The molecule has 3 aromatic rings. The lowest BCUT2D eigenvalue weighted by Crippen LogP contribution is -2.62. The van der Waals surface area contributed by atoms with Crippen molar-refractivity contribution in [1.29, 1.82) is 0 Å². The highest BCUT2D eigenvalue weighted by atomic mass is 16.5. The van der Waals surface area contributed by atoms with Crippen molar-refractivity contribution < 1.29 is 14.3 Å². The van der Waals surface area contributed by atoms with Gasteiger partial charge in [-0.1, -0.05) is 42.5 Å². The molecular formula is C22H22N4O3. The van der Waals surface area contributed by atoms with Crippen molar-refractivity contribution in [2.24, 2.45) is 0 Å². The number of rotatable bonds is 7. The molecule has 0 radical (unpaired) electrons. The quantitative estimate of drug-likeness (QED) is 0.573. The van der Waals surface area contributed by atoms with Gasteiger partial charge in [0.1, 0.15) is 24.4 Å². The van der Waals surface area contributed by atoms with Crippen molar-refractivity contribution in [1.82, 2.24) is 20.6 Å². The van der Waals surface area contributed by atoms with Crippen LogP contribution >= 0.6 is 0 Å². The first-order valence-electron chi connectivity index (χ1n) is 9.51. The number of piperazine rings is 1. The zero-order valence-electron chi connectivity index (χ0n) is 15.8. The van der Waals surface area contributed by atoms with Gasteiger partial charge in [-0.05, 0) is 23.3 Å². The number of hydrogen-bond acceptors (Lipinski definition) is 4. The Balaban J connectivity index is 1.31. The van der Waals surface area contributed by atoms with Crippen LogP contribution in [0.15, 0.2) is 67.1 Å². The Morgan fingerprint density at radius 1 is 0.828 bits per heavy atom. The van der Waals surface area contributed by atoms with E-state index in [1.807, 2.05) is 54.6 Å². The van der Waals surface area contributed by atoms with E-state index in [0.29, 0.717) is 19.4 Å². The molecule has 1 fully saturated rings. The normalized spacial score (nSPS) is 18.8. The molecule has 29 heavy (non-hydrogen) atoms. The Bertz CT molecular complexity index is 955. The first-order chi connectivity index (χ1) is 14.2. The lowest BCUT2D eigenvalue weighted by Gasteiger charge is -2.29. The third-order valence-corrected chi connectivity index (χ3v) is 4.85. The minimum Gasteiger partial charge on any atom is -0.489 e. The van der Waals surface area contributed by atoms with Crippen molar-refractivity contribution in [2.75, 3.05) is 0 Å². The largest absolute Gasteiger partial charge is 0.489 e. The number of ether oxygens (including phenoxy) is 1. The van der Waals surface area contributed by atoms with Gasteiger partial charge in [0, 0.05) is 19.0 Å². The topological polar surface area (TPSA) is 96.1 Å². The fraction of sp³-hybridized carbons (Fsp3) is 0.227. The van der Waals surface area contributed by atoms with E-state index in [-0.39, 0.29) is 11.8 Å². The molecule has 2 amide bonds. The Kier molecular flexibility index (Phi) is 5.56. The van der Waals surface area contributed by atoms with Crippen LogP contribution in [0.3, 0.4) is 0 Å². The van der Waals surface area contributed by atoms with Crippen molar-refractivity contribution in [3.05, 3.63) is 83.9 Å². The zero-order valence-corrected chi connectivity index (χ0v) is 15.8. The van der Waals surface area contributed by atoms with Crippen LogP contribution in [-0.4, -0.2) is 33.9 Å². The first kappa shape index (κ1) is 18.7. The Labute approximate surface area is 168 Å². The highest BCUT2D eigenvalue weighted by Crippen LogP contribution is 2.16. The summed E-state index contributed by atoms with van der Waals surface area (Å²) in [5.41, 5.74) is 2.78. The van der Waals surface area contributed by atoms with Gasteiger partial charge in [0.2, 0.25) is 11.8 Å². The molecule has 1 aliphatic rings. The molecule has 7 nitrogen and oxygen atoms in total. The van der Waals surface area contributed by atoms with Crippen molar-refractivity contribution in [3.63, 3.8) is 0 Å². The van der Waals surface area contributed by atoms with E-state index in [9.17, 15) is 9.59 Å². The number of nitrogens with one attached hydrogen (secondary N) is 3. The predicted molar refractivity (Wildman–Crippen MR) is 107 cm³/mol. The van der Waals surface area contributed by atoms with E-state index < -0.39 is 12.1 Å². The van der Waals surface area contributed by atoms with Crippen LogP contribution in [-0.2, 0) is 29.0 Å². The summed E-state index contributed by atoms with van der Waals surface area (Å²) in [6, 6.07) is 16.3. The number of carbonyl (C=O) groups is 2. The molecule has 1 aliphatic heterocycles. The van der Waals surface area contributed by atoms with Gasteiger partial charge in [-0.15, -0.1) is 0 Å². The van der Waals surface area contributed by atoms with E-state index in [1.54, 1.807) is 12.5 Å².